The Balaban J connectivity index is 1.97. The van der Waals surface area contributed by atoms with E-state index in [2.05, 4.69) is 53.6 Å². The summed E-state index contributed by atoms with van der Waals surface area (Å²) in [5, 5.41) is 4.15. The lowest BCUT2D eigenvalue weighted by atomic mass is 10.0. The van der Waals surface area contributed by atoms with E-state index in [4.69, 9.17) is 0 Å². The number of nitrogens with zero attached hydrogens (tertiary/aromatic N) is 2. The second kappa shape index (κ2) is 5.96. The fourth-order valence-corrected chi connectivity index (χ4v) is 1.57. The number of hydrogen-bond donors (Lipinski definition) is 1. The molecule has 2 aromatic rings. The lowest BCUT2D eigenvalue weighted by Crippen LogP contribution is -1.93. The van der Waals surface area contributed by atoms with Gasteiger partial charge in [-0.25, -0.2) is 4.98 Å². The third-order valence-corrected chi connectivity index (χ3v) is 2.66. The van der Waals surface area contributed by atoms with Crippen LogP contribution in [0.3, 0.4) is 0 Å². The smallest absolute Gasteiger partial charge is 0.146 e. The zero-order valence-electron chi connectivity index (χ0n) is 10.7. The molecule has 0 aliphatic rings. The molecular weight excluding hydrogens is 222 g/mol. The van der Waals surface area contributed by atoms with Gasteiger partial charge in [0.25, 0.3) is 0 Å². The molecule has 0 fully saturated rings. The summed E-state index contributed by atoms with van der Waals surface area (Å²) in [6.45, 7) is 4.37. The minimum atomic E-state index is 0.558. The monoisotopic (exact) mass is 239 g/mol. The van der Waals surface area contributed by atoms with Gasteiger partial charge in [-0.3, -0.25) is 5.43 Å². The SMILES string of the molecule is CC(C)c1ccc(/C=N/Nc2ccccn2)cc1. The Labute approximate surface area is 108 Å². The van der Waals surface area contributed by atoms with Crippen molar-refractivity contribution in [1.29, 1.82) is 0 Å². The van der Waals surface area contributed by atoms with Gasteiger partial charge >= 0.3 is 0 Å². The molecule has 0 amide bonds. The zero-order valence-corrected chi connectivity index (χ0v) is 10.7. The summed E-state index contributed by atoms with van der Waals surface area (Å²) in [5.41, 5.74) is 5.30. The first kappa shape index (κ1) is 12.3. The predicted octanol–water partition coefficient (Wildman–Crippen LogP) is 3.65. The van der Waals surface area contributed by atoms with E-state index in [9.17, 15) is 0 Å². The first-order chi connectivity index (χ1) is 8.75. The van der Waals surface area contributed by atoms with Crippen molar-refractivity contribution < 1.29 is 0 Å². The highest BCUT2D eigenvalue weighted by atomic mass is 15.3. The highest BCUT2D eigenvalue weighted by molar-refractivity contribution is 5.80. The molecular formula is C15H17N3. The molecule has 0 atom stereocenters. The van der Waals surface area contributed by atoms with E-state index in [-0.39, 0.29) is 0 Å². The molecule has 18 heavy (non-hydrogen) atoms. The quantitative estimate of drug-likeness (QED) is 0.653. The Bertz CT molecular complexity index is 501. The Morgan fingerprint density at radius 1 is 1.11 bits per heavy atom. The van der Waals surface area contributed by atoms with Crippen LogP contribution in [0.4, 0.5) is 5.82 Å². The number of aromatic nitrogens is 1. The molecule has 1 heterocycles. The molecule has 1 aromatic heterocycles. The molecule has 0 saturated heterocycles. The van der Waals surface area contributed by atoms with Crippen molar-refractivity contribution in [2.75, 3.05) is 5.43 Å². The fourth-order valence-electron chi connectivity index (χ4n) is 1.57. The van der Waals surface area contributed by atoms with Crippen molar-refractivity contribution >= 4 is 12.0 Å². The van der Waals surface area contributed by atoms with Gasteiger partial charge in [-0.1, -0.05) is 44.2 Å². The topological polar surface area (TPSA) is 37.3 Å². The number of nitrogens with one attached hydrogen (secondary N) is 1. The molecule has 0 aliphatic heterocycles. The van der Waals surface area contributed by atoms with Crippen LogP contribution < -0.4 is 5.43 Å². The van der Waals surface area contributed by atoms with Gasteiger partial charge in [-0.15, -0.1) is 0 Å². The normalized spacial score (nSPS) is 11.1. The maximum Gasteiger partial charge on any atom is 0.146 e. The predicted molar refractivity (Wildman–Crippen MR) is 76.0 cm³/mol. The van der Waals surface area contributed by atoms with Gasteiger partial charge in [-0.05, 0) is 29.2 Å². The van der Waals surface area contributed by atoms with Gasteiger partial charge in [0.15, 0.2) is 0 Å². The van der Waals surface area contributed by atoms with E-state index < -0.39 is 0 Å². The Hall–Kier alpha value is -2.16. The van der Waals surface area contributed by atoms with Crippen LogP contribution in [-0.2, 0) is 0 Å². The molecule has 0 radical (unpaired) electrons. The highest BCUT2D eigenvalue weighted by Gasteiger charge is 1.97. The summed E-state index contributed by atoms with van der Waals surface area (Å²) < 4.78 is 0. The van der Waals surface area contributed by atoms with Gasteiger partial charge in [0.05, 0.1) is 6.21 Å². The third-order valence-electron chi connectivity index (χ3n) is 2.66. The molecule has 0 unspecified atom stereocenters. The van der Waals surface area contributed by atoms with Crippen LogP contribution >= 0.6 is 0 Å². The molecule has 0 aliphatic carbocycles. The summed E-state index contributed by atoms with van der Waals surface area (Å²) >= 11 is 0. The minimum absolute atomic E-state index is 0.558. The molecule has 0 saturated carbocycles. The molecule has 0 bridgehead atoms. The zero-order chi connectivity index (χ0) is 12.8. The number of hydrogen-bond acceptors (Lipinski definition) is 3. The van der Waals surface area contributed by atoms with E-state index in [1.807, 2.05) is 18.2 Å². The Morgan fingerprint density at radius 2 is 1.89 bits per heavy atom. The van der Waals surface area contributed by atoms with Crippen molar-refractivity contribution in [3.8, 4) is 0 Å². The second-order valence-electron chi connectivity index (χ2n) is 4.41. The Kier molecular flexibility index (Phi) is 4.07. The molecule has 2 rings (SSSR count). The van der Waals surface area contributed by atoms with Crippen molar-refractivity contribution in [1.82, 2.24) is 4.98 Å². The average molecular weight is 239 g/mol. The van der Waals surface area contributed by atoms with E-state index in [0.717, 1.165) is 11.4 Å². The van der Waals surface area contributed by atoms with Crippen LogP contribution in [-0.4, -0.2) is 11.2 Å². The summed E-state index contributed by atoms with van der Waals surface area (Å²) in [6.07, 6.45) is 3.52. The molecule has 92 valence electrons. The first-order valence-electron chi connectivity index (χ1n) is 6.06. The summed E-state index contributed by atoms with van der Waals surface area (Å²) in [7, 11) is 0. The first-order valence-corrected chi connectivity index (χ1v) is 6.06. The van der Waals surface area contributed by atoms with Gasteiger partial charge in [0, 0.05) is 6.20 Å². The average Bonchev–Trinajstić information content (AvgIpc) is 2.40. The van der Waals surface area contributed by atoms with Crippen LogP contribution in [0.2, 0.25) is 0 Å². The molecule has 3 heteroatoms. The van der Waals surface area contributed by atoms with Crippen LogP contribution in [0, 0.1) is 0 Å². The van der Waals surface area contributed by atoms with Crippen LogP contribution in [0.15, 0.2) is 53.8 Å². The van der Waals surface area contributed by atoms with Crippen molar-refractivity contribution in [3.05, 3.63) is 59.8 Å². The highest BCUT2D eigenvalue weighted by Crippen LogP contribution is 2.13. The molecule has 3 nitrogen and oxygen atoms in total. The minimum Gasteiger partial charge on any atom is -0.261 e. The van der Waals surface area contributed by atoms with Crippen LogP contribution in [0.25, 0.3) is 0 Å². The van der Waals surface area contributed by atoms with Crippen LogP contribution in [0.1, 0.15) is 30.9 Å². The summed E-state index contributed by atoms with van der Waals surface area (Å²) in [5.74, 6) is 1.30. The van der Waals surface area contributed by atoms with Gasteiger partial charge in [-0.2, -0.15) is 5.10 Å². The van der Waals surface area contributed by atoms with E-state index in [1.54, 1.807) is 12.4 Å². The second-order valence-corrected chi connectivity index (χ2v) is 4.41. The summed E-state index contributed by atoms with van der Waals surface area (Å²) in [6, 6.07) is 14.1. The maximum absolute atomic E-state index is 4.15. The van der Waals surface area contributed by atoms with Crippen molar-refractivity contribution in [3.63, 3.8) is 0 Å². The van der Waals surface area contributed by atoms with Crippen molar-refractivity contribution in [2.45, 2.75) is 19.8 Å². The van der Waals surface area contributed by atoms with Gasteiger partial charge in [0.2, 0.25) is 0 Å². The number of pyridine rings is 1. The molecule has 1 N–H and O–H groups in total. The standard InChI is InChI=1S/C15H17N3/c1-12(2)14-8-6-13(7-9-14)11-17-18-15-5-3-4-10-16-15/h3-12H,1-2H3,(H,16,18)/b17-11+. The number of benzene rings is 1. The van der Waals surface area contributed by atoms with Crippen molar-refractivity contribution in [2.24, 2.45) is 5.10 Å². The fraction of sp³-hybridized carbons (Fsp3) is 0.200. The number of anilines is 1. The summed E-state index contributed by atoms with van der Waals surface area (Å²) in [4.78, 5) is 4.12. The van der Waals surface area contributed by atoms with Crippen LogP contribution in [0.5, 0.6) is 0 Å². The maximum atomic E-state index is 4.15. The third kappa shape index (κ3) is 3.42. The van der Waals surface area contributed by atoms with E-state index in [1.165, 1.54) is 5.56 Å². The molecule has 0 spiro atoms. The van der Waals surface area contributed by atoms with Gasteiger partial charge < -0.3 is 0 Å². The lowest BCUT2D eigenvalue weighted by molar-refractivity contribution is 0.866. The number of rotatable bonds is 4. The van der Waals surface area contributed by atoms with E-state index in [0.29, 0.717) is 5.92 Å². The largest absolute Gasteiger partial charge is 0.261 e. The molecule has 1 aromatic carbocycles. The van der Waals surface area contributed by atoms with Gasteiger partial charge in [0.1, 0.15) is 5.82 Å². The Morgan fingerprint density at radius 3 is 2.50 bits per heavy atom. The van der Waals surface area contributed by atoms with E-state index >= 15 is 0 Å². The lowest BCUT2D eigenvalue weighted by Gasteiger charge is -2.04. The number of hydrazone groups is 1.